The first-order chi connectivity index (χ1) is 11.5. The molecule has 0 atom stereocenters. The second-order valence-electron chi connectivity index (χ2n) is 5.25. The number of pyridine rings is 1. The molecule has 2 aromatic heterocycles. The summed E-state index contributed by atoms with van der Waals surface area (Å²) in [5.41, 5.74) is -0.364. The molecule has 0 bridgehead atoms. The van der Waals surface area contributed by atoms with Crippen LogP contribution in [0.3, 0.4) is 0 Å². The molecule has 0 saturated carbocycles. The van der Waals surface area contributed by atoms with E-state index < -0.39 is 11.2 Å². The molecule has 8 nitrogen and oxygen atoms in total. The quantitative estimate of drug-likeness (QED) is 0.839. The second-order valence-corrected chi connectivity index (χ2v) is 5.25. The fourth-order valence-electron chi connectivity index (χ4n) is 2.18. The lowest BCUT2D eigenvalue weighted by atomic mass is 10.2. The lowest BCUT2D eigenvalue weighted by molar-refractivity contribution is 0.305. The van der Waals surface area contributed by atoms with Crippen LogP contribution in [0.1, 0.15) is 24.5 Å². The number of nitriles is 1. The van der Waals surface area contributed by atoms with Gasteiger partial charge in [-0.05, 0) is 18.1 Å². The largest absolute Gasteiger partial charge is 0.478 e. The van der Waals surface area contributed by atoms with Crippen LogP contribution in [0, 0.1) is 11.3 Å². The number of nitrogens with one attached hydrogen (secondary N) is 1. The monoisotopic (exact) mass is 329 g/mol. The summed E-state index contributed by atoms with van der Waals surface area (Å²) in [6.45, 7) is 2.90. The Hall–Kier alpha value is -3.08. The molecule has 0 aliphatic carbocycles. The van der Waals surface area contributed by atoms with Crippen molar-refractivity contribution in [3.05, 3.63) is 50.3 Å². The van der Waals surface area contributed by atoms with Crippen molar-refractivity contribution in [2.75, 3.05) is 11.9 Å². The minimum Gasteiger partial charge on any atom is -0.478 e. The molecule has 2 rings (SSSR count). The van der Waals surface area contributed by atoms with Gasteiger partial charge in [0.2, 0.25) is 5.88 Å². The van der Waals surface area contributed by atoms with Crippen LogP contribution in [0.2, 0.25) is 0 Å². The third-order valence-electron chi connectivity index (χ3n) is 3.49. The molecule has 0 saturated heterocycles. The average Bonchev–Trinajstić information content (AvgIpc) is 2.60. The van der Waals surface area contributed by atoms with Gasteiger partial charge in [0.15, 0.2) is 5.56 Å². The van der Waals surface area contributed by atoms with E-state index in [0.29, 0.717) is 19.0 Å². The molecule has 0 amide bonds. The predicted molar refractivity (Wildman–Crippen MR) is 89.0 cm³/mol. The highest BCUT2D eigenvalue weighted by Crippen LogP contribution is 2.13. The molecule has 1 N–H and O–H groups in total. The predicted octanol–water partition coefficient (Wildman–Crippen LogP) is 0.752. The fraction of sp³-hybridized carbons (Fsp3) is 0.375. The number of ether oxygens (including phenoxy) is 1. The Bertz CT molecular complexity index is 892. The van der Waals surface area contributed by atoms with Gasteiger partial charge in [-0.2, -0.15) is 5.26 Å². The molecular weight excluding hydrogens is 310 g/mol. The van der Waals surface area contributed by atoms with Crippen LogP contribution in [-0.4, -0.2) is 20.7 Å². The summed E-state index contributed by atoms with van der Waals surface area (Å²) in [5.74, 6) is 0.702. The maximum atomic E-state index is 12.0. The summed E-state index contributed by atoms with van der Waals surface area (Å²) >= 11 is 0. The fourth-order valence-corrected chi connectivity index (χ4v) is 2.18. The Kier molecular flexibility index (Phi) is 5.37. The number of anilines is 1. The van der Waals surface area contributed by atoms with Gasteiger partial charge < -0.3 is 10.1 Å². The first-order valence-corrected chi connectivity index (χ1v) is 7.51. The average molecular weight is 329 g/mol. The highest BCUT2D eigenvalue weighted by molar-refractivity contribution is 5.51. The molecule has 24 heavy (non-hydrogen) atoms. The Balaban J connectivity index is 2.29. The summed E-state index contributed by atoms with van der Waals surface area (Å²) < 4.78 is 7.63. The maximum absolute atomic E-state index is 12.0. The number of aromatic nitrogens is 3. The van der Waals surface area contributed by atoms with E-state index >= 15 is 0 Å². The lowest BCUT2D eigenvalue weighted by Crippen LogP contribution is -2.39. The van der Waals surface area contributed by atoms with E-state index in [4.69, 9.17) is 4.74 Å². The van der Waals surface area contributed by atoms with E-state index in [-0.39, 0.29) is 11.4 Å². The third kappa shape index (κ3) is 3.46. The van der Waals surface area contributed by atoms with Gasteiger partial charge in [-0.25, -0.2) is 9.78 Å². The molecule has 0 aromatic carbocycles. The van der Waals surface area contributed by atoms with Crippen LogP contribution in [0.5, 0.6) is 5.88 Å². The van der Waals surface area contributed by atoms with Crippen molar-refractivity contribution in [1.82, 2.24) is 14.1 Å². The van der Waals surface area contributed by atoms with Gasteiger partial charge in [-0.3, -0.25) is 13.9 Å². The summed E-state index contributed by atoms with van der Waals surface area (Å²) in [4.78, 5) is 28.2. The van der Waals surface area contributed by atoms with Crippen molar-refractivity contribution in [3.8, 4) is 11.9 Å². The molecular formula is C16H19N5O3. The molecule has 8 heteroatoms. The molecule has 0 fully saturated rings. The zero-order valence-electron chi connectivity index (χ0n) is 13.9. The van der Waals surface area contributed by atoms with Crippen molar-refractivity contribution >= 4 is 5.82 Å². The molecule has 2 aromatic rings. The van der Waals surface area contributed by atoms with Crippen LogP contribution >= 0.6 is 0 Å². The Labute approximate surface area is 139 Å². The van der Waals surface area contributed by atoms with Crippen molar-refractivity contribution < 1.29 is 4.74 Å². The Morgan fingerprint density at radius 3 is 2.75 bits per heavy atom. The minimum atomic E-state index is -0.621. The van der Waals surface area contributed by atoms with Crippen LogP contribution < -0.4 is 21.3 Å². The van der Waals surface area contributed by atoms with Gasteiger partial charge in [-0.15, -0.1) is 0 Å². The van der Waals surface area contributed by atoms with Crippen molar-refractivity contribution in [2.45, 2.75) is 19.9 Å². The number of rotatable bonds is 6. The summed E-state index contributed by atoms with van der Waals surface area (Å²) in [6.07, 6.45) is 2.50. The van der Waals surface area contributed by atoms with E-state index in [1.807, 2.05) is 13.0 Å². The highest BCUT2D eigenvalue weighted by atomic mass is 16.5. The van der Waals surface area contributed by atoms with Gasteiger partial charge in [0.1, 0.15) is 11.9 Å². The van der Waals surface area contributed by atoms with Gasteiger partial charge in [0.25, 0.3) is 5.56 Å². The molecule has 0 radical (unpaired) electrons. The van der Waals surface area contributed by atoms with Crippen LogP contribution in [0.15, 0.2) is 27.9 Å². The molecule has 0 unspecified atom stereocenters. The van der Waals surface area contributed by atoms with Gasteiger partial charge >= 0.3 is 5.69 Å². The van der Waals surface area contributed by atoms with Crippen LogP contribution in [0.4, 0.5) is 5.82 Å². The topological polar surface area (TPSA) is 102 Å². The Morgan fingerprint density at radius 1 is 1.33 bits per heavy atom. The Morgan fingerprint density at radius 2 is 2.08 bits per heavy atom. The zero-order valence-corrected chi connectivity index (χ0v) is 13.9. The van der Waals surface area contributed by atoms with Gasteiger partial charge in [0.05, 0.1) is 6.61 Å². The van der Waals surface area contributed by atoms with E-state index in [1.165, 1.54) is 18.7 Å². The molecule has 0 spiro atoms. The minimum absolute atomic E-state index is 0.101. The zero-order chi connectivity index (χ0) is 17.7. The molecule has 2 heterocycles. The number of nitrogens with zero attached hydrogens (tertiary/aromatic N) is 4. The number of hydrogen-bond donors (Lipinski definition) is 1. The van der Waals surface area contributed by atoms with E-state index in [2.05, 4.69) is 10.3 Å². The third-order valence-corrected chi connectivity index (χ3v) is 3.49. The first-order valence-electron chi connectivity index (χ1n) is 7.51. The first kappa shape index (κ1) is 17.3. The molecule has 0 aliphatic rings. The van der Waals surface area contributed by atoms with E-state index in [1.54, 1.807) is 18.3 Å². The molecule has 0 aliphatic heterocycles. The SMILES string of the molecule is CCCOc1cc(CNc2c(C#N)c(=O)n(C)c(=O)n2C)ccn1. The maximum Gasteiger partial charge on any atom is 0.332 e. The lowest BCUT2D eigenvalue weighted by Gasteiger charge is -2.14. The second kappa shape index (κ2) is 7.46. The normalized spacial score (nSPS) is 10.2. The highest BCUT2D eigenvalue weighted by Gasteiger charge is 2.15. The van der Waals surface area contributed by atoms with Crippen LogP contribution in [0.25, 0.3) is 0 Å². The smallest absolute Gasteiger partial charge is 0.332 e. The number of hydrogen-bond acceptors (Lipinski definition) is 6. The summed E-state index contributed by atoms with van der Waals surface area (Å²) in [5, 5.41) is 12.2. The van der Waals surface area contributed by atoms with Gasteiger partial charge in [-0.1, -0.05) is 6.92 Å². The van der Waals surface area contributed by atoms with Crippen LogP contribution in [-0.2, 0) is 20.6 Å². The molecule has 126 valence electrons. The summed E-state index contributed by atoms with van der Waals surface area (Å²) in [6, 6.07) is 5.42. The van der Waals surface area contributed by atoms with E-state index in [9.17, 15) is 14.9 Å². The standard InChI is InChI=1S/C16H19N5O3/c1-4-7-24-13-8-11(5-6-18-13)10-19-14-12(9-17)15(22)21(3)16(23)20(14)2/h5-6,8,19H,4,7,10H2,1-3H3. The van der Waals surface area contributed by atoms with Crippen molar-refractivity contribution in [1.29, 1.82) is 5.26 Å². The van der Waals surface area contributed by atoms with Crippen molar-refractivity contribution in [3.63, 3.8) is 0 Å². The van der Waals surface area contributed by atoms with Gasteiger partial charge in [0, 0.05) is 32.9 Å². The van der Waals surface area contributed by atoms with Crippen molar-refractivity contribution in [2.24, 2.45) is 14.1 Å². The van der Waals surface area contributed by atoms with E-state index in [0.717, 1.165) is 16.6 Å². The summed E-state index contributed by atoms with van der Waals surface area (Å²) in [7, 11) is 2.85.